The second kappa shape index (κ2) is 8.27. The molecule has 16 heavy (non-hydrogen) atoms. The number of hydrogen-bond donors (Lipinski definition) is 2. The van der Waals surface area contributed by atoms with Gasteiger partial charge in [0.15, 0.2) is 0 Å². The molecule has 1 amide bonds. The quantitative estimate of drug-likeness (QED) is 0.463. The highest BCUT2D eigenvalue weighted by Crippen LogP contribution is 1.95. The fourth-order valence-corrected chi connectivity index (χ4v) is 1.36. The molecule has 0 radical (unpaired) electrons. The lowest BCUT2D eigenvalue weighted by Crippen LogP contribution is -2.48. The molecule has 1 atom stereocenters. The van der Waals surface area contributed by atoms with Crippen molar-refractivity contribution in [2.75, 3.05) is 39.5 Å². The Morgan fingerprint density at radius 3 is 3.19 bits per heavy atom. The SMILES string of the molecule is C=CCCOCCNC(=O)C1CNCCO1. The predicted octanol–water partition coefficient (Wildman–Crippen LogP) is -0.316. The van der Waals surface area contributed by atoms with Gasteiger partial charge in [0.1, 0.15) is 6.10 Å². The Hall–Kier alpha value is -0.910. The summed E-state index contributed by atoms with van der Waals surface area (Å²) in [7, 11) is 0. The van der Waals surface area contributed by atoms with Crippen LogP contribution in [0.2, 0.25) is 0 Å². The van der Waals surface area contributed by atoms with Crippen LogP contribution in [0.5, 0.6) is 0 Å². The summed E-state index contributed by atoms with van der Waals surface area (Å²) in [6, 6.07) is 0. The molecule has 1 unspecified atom stereocenters. The maximum Gasteiger partial charge on any atom is 0.250 e. The minimum absolute atomic E-state index is 0.0699. The van der Waals surface area contributed by atoms with Crippen molar-refractivity contribution in [1.29, 1.82) is 0 Å². The van der Waals surface area contributed by atoms with E-state index in [1.54, 1.807) is 6.08 Å². The Bertz CT molecular complexity index is 215. The average molecular weight is 228 g/mol. The van der Waals surface area contributed by atoms with E-state index in [1.807, 2.05) is 0 Å². The van der Waals surface area contributed by atoms with Gasteiger partial charge in [0, 0.05) is 19.6 Å². The highest BCUT2D eigenvalue weighted by molar-refractivity contribution is 5.81. The Labute approximate surface area is 96.2 Å². The number of carbonyl (C=O) groups is 1. The first kappa shape index (κ1) is 13.2. The van der Waals surface area contributed by atoms with Gasteiger partial charge < -0.3 is 20.1 Å². The van der Waals surface area contributed by atoms with E-state index in [9.17, 15) is 4.79 Å². The molecule has 1 rings (SSSR count). The van der Waals surface area contributed by atoms with Crippen LogP contribution in [0.4, 0.5) is 0 Å². The van der Waals surface area contributed by atoms with Crippen molar-refractivity contribution < 1.29 is 14.3 Å². The van der Waals surface area contributed by atoms with Gasteiger partial charge in [-0.3, -0.25) is 4.79 Å². The van der Waals surface area contributed by atoms with Gasteiger partial charge in [0.05, 0.1) is 19.8 Å². The highest BCUT2D eigenvalue weighted by atomic mass is 16.5. The molecule has 0 aromatic rings. The zero-order valence-electron chi connectivity index (χ0n) is 9.54. The molecule has 2 N–H and O–H groups in total. The standard InChI is InChI=1S/C11H20N2O3/c1-2-3-6-15-7-5-13-11(14)10-9-12-4-8-16-10/h2,10,12H,1,3-9H2,(H,13,14). The number of nitrogens with one attached hydrogen (secondary N) is 2. The largest absolute Gasteiger partial charge is 0.379 e. The summed E-state index contributed by atoms with van der Waals surface area (Å²) < 4.78 is 10.6. The maximum atomic E-state index is 11.5. The smallest absolute Gasteiger partial charge is 0.250 e. The summed E-state index contributed by atoms with van der Waals surface area (Å²) in [4.78, 5) is 11.5. The number of carbonyl (C=O) groups excluding carboxylic acids is 1. The molecule has 0 aromatic carbocycles. The Morgan fingerprint density at radius 2 is 2.50 bits per heavy atom. The Balaban J connectivity index is 1.99. The fraction of sp³-hybridized carbons (Fsp3) is 0.727. The zero-order valence-corrected chi connectivity index (χ0v) is 9.54. The molecule has 0 saturated carbocycles. The van der Waals surface area contributed by atoms with E-state index in [0.717, 1.165) is 13.0 Å². The lowest BCUT2D eigenvalue weighted by Gasteiger charge is -2.22. The molecule has 1 aliphatic rings. The maximum absolute atomic E-state index is 11.5. The first-order valence-electron chi connectivity index (χ1n) is 5.63. The van der Waals surface area contributed by atoms with E-state index in [0.29, 0.717) is 32.9 Å². The van der Waals surface area contributed by atoms with E-state index in [1.165, 1.54) is 0 Å². The first-order valence-corrected chi connectivity index (χ1v) is 5.63. The zero-order chi connectivity index (χ0) is 11.6. The average Bonchev–Trinajstić information content (AvgIpc) is 2.34. The highest BCUT2D eigenvalue weighted by Gasteiger charge is 2.20. The number of rotatable bonds is 7. The molecule has 1 heterocycles. The van der Waals surface area contributed by atoms with Crippen LogP contribution in [0.15, 0.2) is 12.7 Å². The van der Waals surface area contributed by atoms with E-state index in [2.05, 4.69) is 17.2 Å². The van der Waals surface area contributed by atoms with Crippen molar-refractivity contribution in [3.63, 3.8) is 0 Å². The van der Waals surface area contributed by atoms with Gasteiger partial charge in [-0.05, 0) is 6.42 Å². The van der Waals surface area contributed by atoms with Crippen LogP contribution >= 0.6 is 0 Å². The van der Waals surface area contributed by atoms with Gasteiger partial charge in [-0.25, -0.2) is 0 Å². The van der Waals surface area contributed by atoms with Crippen LogP contribution in [0.3, 0.4) is 0 Å². The molecule has 0 aliphatic carbocycles. The molecule has 0 spiro atoms. The number of morpholine rings is 1. The van der Waals surface area contributed by atoms with Gasteiger partial charge in [0.25, 0.3) is 5.91 Å². The van der Waals surface area contributed by atoms with E-state index in [4.69, 9.17) is 9.47 Å². The van der Waals surface area contributed by atoms with Crippen molar-refractivity contribution >= 4 is 5.91 Å². The minimum atomic E-state index is -0.359. The van der Waals surface area contributed by atoms with Crippen molar-refractivity contribution in [3.8, 4) is 0 Å². The lowest BCUT2D eigenvalue weighted by atomic mass is 10.3. The van der Waals surface area contributed by atoms with Gasteiger partial charge in [-0.15, -0.1) is 6.58 Å². The Morgan fingerprint density at radius 1 is 1.62 bits per heavy atom. The van der Waals surface area contributed by atoms with Crippen LogP contribution in [0.1, 0.15) is 6.42 Å². The summed E-state index contributed by atoms with van der Waals surface area (Å²) in [5, 5.41) is 5.88. The number of hydrogen-bond acceptors (Lipinski definition) is 4. The molecule has 1 fully saturated rings. The minimum Gasteiger partial charge on any atom is -0.379 e. The second-order valence-electron chi connectivity index (χ2n) is 3.54. The molecule has 0 aromatic heterocycles. The second-order valence-corrected chi connectivity index (χ2v) is 3.54. The van der Waals surface area contributed by atoms with Crippen LogP contribution in [0.25, 0.3) is 0 Å². The van der Waals surface area contributed by atoms with Gasteiger partial charge in [0.2, 0.25) is 0 Å². The van der Waals surface area contributed by atoms with Crippen molar-refractivity contribution in [2.24, 2.45) is 0 Å². The van der Waals surface area contributed by atoms with E-state index in [-0.39, 0.29) is 12.0 Å². The van der Waals surface area contributed by atoms with Crippen molar-refractivity contribution in [2.45, 2.75) is 12.5 Å². The fourth-order valence-electron chi connectivity index (χ4n) is 1.36. The summed E-state index contributed by atoms with van der Waals surface area (Å²) in [5.74, 6) is -0.0699. The molecular weight excluding hydrogens is 208 g/mol. The van der Waals surface area contributed by atoms with Gasteiger partial charge in [-0.2, -0.15) is 0 Å². The molecule has 5 heteroatoms. The third-order valence-corrected chi connectivity index (χ3v) is 2.23. The van der Waals surface area contributed by atoms with Crippen LogP contribution in [-0.2, 0) is 14.3 Å². The number of amides is 1. The topological polar surface area (TPSA) is 59.6 Å². The molecule has 1 saturated heterocycles. The summed E-state index contributed by atoms with van der Waals surface area (Å²) in [6.07, 6.45) is 2.28. The lowest BCUT2D eigenvalue weighted by molar-refractivity contribution is -0.134. The van der Waals surface area contributed by atoms with Gasteiger partial charge in [-0.1, -0.05) is 6.08 Å². The van der Waals surface area contributed by atoms with Crippen molar-refractivity contribution in [3.05, 3.63) is 12.7 Å². The number of ether oxygens (including phenoxy) is 2. The van der Waals surface area contributed by atoms with Crippen LogP contribution in [-0.4, -0.2) is 51.5 Å². The molecular formula is C11H20N2O3. The van der Waals surface area contributed by atoms with Crippen LogP contribution < -0.4 is 10.6 Å². The third-order valence-electron chi connectivity index (χ3n) is 2.23. The predicted molar refractivity (Wildman–Crippen MR) is 61.3 cm³/mol. The summed E-state index contributed by atoms with van der Waals surface area (Å²) in [6.45, 7) is 7.29. The third kappa shape index (κ3) is 5.25. The molecule has 0 bridgehead atoms. The summed E-state index contributed by atoms with van der Waals surface area (Å²) in [5.41, 5.74) is 0. The van der Waals surface area contributed by atoms with E-state index >= 15 is 0 Å². The van der Waals surface area contributed by atoms with E-state index < -0.39 is 0 Å². The van der Waals surface area contributed by atoms with Gasteiger partial charge >= 0.3 is 0 Å². The molecule has 92 valence electrons. The van der Waals surface area contributed by atoms with Crippen LogP contribution in [0, 0.1) is 0 Å². The monoisotopic (exact) mass is 228 g/mol. The molecule has 1 aliphatic heterocycles. The first-order chi connectivity index (χ1) is 7.84. The summed E-state index contributed by atoms with van der Waals surface area (Å²) >= 11 is 0. The normalized spacial score (nSPS) is 20.4. The van der Waals surface area contributed by atoms with Crippen molar-refractivity contribution in [1.82, 2.24) is 10.6 Å². The molecule has 5 nitrogen and oxygen atoms in total. The Kier molecular flexibility index (Phi) is 6.80.